The first-order chi connectivity index (χ1) is 9.20. The van der Waals surface area contributed by atoms with Gasteiger partial charge in [-0.25, -0.2) is 4.98 Å². The minimum absolute atomic E-state index is 0.345. The molecule has 2 heterocycles. The average molecular weight is 262 g/mol. The molecule has 0 aromatic carbocycles. The van der Waals surface area contributed by atoms with Crippen LogP contribution in [0.3, 0.4) is 0 Å². The number of aromatic nitrogens is 2. The van der Waals surface area contributed by atoms with Crippen molar-refractivity contribution in [3.05, 3.63) is 18.2 Å². The number of rotatable bonds is 4. The first kappa shape index (κ1) is 13.1. The van der Waals surface area contributed by atoms with Gasteiger partial charge in [-0.1, -0.05) is 13.8 Å². The van der Waals surface area contributed by atoms with E-state index in [1.165, 1.54) is 38.0 Å². The summed E-state index contributed by atoms with van der Waals surface area (Å²) in [4.78, 5) is 6.93. The van der Waals surface area contributed by atoms with Crippen molar-refractivity contribution < 1.29 is 0 Å². The number of hydrogen-bond acceptors (Lipinski definition) is 3. The Hall–Kier alpha value is -0.870. The molecule has 1 saturated heterocycles. The molecule has 0 amide bonds. The van der Waals surface area contributed by atoms with Gasteiger partial charge < -0.3 is 10.3 Å². The Labute approximate surface area is 116 Å². The lowest BCUT2D eigenvalue weighted by Crippen LogP contribution is -2.43. The van der Waals surface area contributed by atoms with E-state index >= 15 is 0 Å². The van der Waals surface area contributed by atoms with Gasteiger partial charge in [0.05, 0.1) is 18.1 Å². The smallest absolute Gasteiger partial charge is 0.0951 e. The number of nitrogens with two attached hydrogens (primary N) is 1. The van der Waals surface area contributed by atoms with Crippen LogP contribution < -0.4 is 5.73 Å². The van der Waals surface area contributed by atoms with Crippen molar-refractivity contribution in [3.63, 3.8) is 0 Å². The zero-order valence-electron chi connectivity index (χ0n) is 12.1. The van der Waals surface area contributed by atoms with Crippen LogP contribution in [0.5, 0.6) is 0 Å². The molecule has 4 nitrogen and oxygen atoms in total. The normalized spacial score (nSPS) is 30.5. The number of piperidine rings is 1. The van der Waals surface area contributed by atoms with E-state index in [4.69, 9.17) is 5.73 Å². The second-order valence-electron chi connectivity index (χ2n) is 6.45. The van der Waals surface area contributed by atoms with Gasteiger partial charge in [0.1, 0.15) is 0 Å². The van der Waals surface area contributed by atoms with E-state index in [0.717, 1.165) is 11.8 Å². The first-order valence-electron chi connectivity index (χ1n) is 7.66. The fourth-order valence-corrected chi connectivity index (χ4v) is 3.27. The largest absolute Gasteiger partial charge is 0.330 e. The molecular weight excluding hydrogens is 236 g/mol. The minimum atomic E-state index is 0.345. The third-order valence-corrected chi connectivity index (χ3v) is 5.01. The van der Waals surface area contributed by atoms with E-state index in [2.05, 4.69) is 28.3 Å². The highest BCUT2D eigenvalue weighted by molar-refractivity contribution is 5.10. The molecule has 1 aromatic rings. The Bertz CT molecular complexity index is 424. The molecule has 3 rings (SSSR count). The van der Waals surface area contributed by atoms with Crippen LogP contribution in [0.2, 0.25) is 0 Å². The molecule has 0 spiro atoms. The van der Waals surface area contributed by atoms with Crippen molar-refractivity contribution in [3.8, 4) is 0 Å². The van der Waals surface area contributed by atoms with Gasteiger partial charge in [-0.15, -0.1) is 0 Å². The predicted octanol–water partition coefficient (Wildman–Crippen LogP) is 2.20. The molecule has 19 heavy (non-hydrogen) atoms. The SMILES string of the molecule is CC1CCN(C(CN)c2cncn2C2CC2)CC1C. The summed E-state index contributed by atoms with van der Waals surface area (Å²) < 4.78 is 2.36. The lowest BCUT2D eigenvalue weighted by molar-refractivity contribution is 0.0948. The molecule has 3 atom stereocenters. The number of likely N-dealkylation sites (tertiary alicyclic amines) is 1. The molecule has 3 unspecified atom stereocenters. The molecule has 1 aliphatic heterocycles. The Kier molecular flexibility index (Phi) is 3.63. The number of nitrogens with zero attached hydrogens (tertiary/aromatic N) is 3. The Balaban J connectivity index is 1.78. The van der Waals surface area contributed by atoms with Crippen LogP contribution in [0, 0.1) is 11.8 Å². The maximum atomic E-state index is 6.08. The van der Waals surface area contributed by atoms with E-state index in [1.807, 2.05) is 12.5 Å². The number of imidazole rings is 1. The highest BCUT2D eigenvalue weighted by Gasteiger charge is 2.32. The van der Waals surface area contributed by atoms with Gasteiger partial charge in [0.25, 0.3) is 0 Å². The lowest BCUT2D eigenvalue weighted by Gasteiger charge is -2.40. The van der Waals surface area contributed by atoms with E-state index in [0.29, 0.717) is 18.6 Å². The van der Waals surface area contributed by atoms with Crippen molar-refractivity contribution in [2.45, 2.75) is 45.2 Å². The summed E-state index contributed by atoms with van der Waals surface area (Å²) in [6.45, 7) is 7.76. The Morgan fingerprint density at radius 3 is 2.74 bits per heavy atom. The molecule has 0 radical (unpaired) electrons. The standard InChI is InChI=1S/C15H26N4/c1-11-5-6-18(9-12(11)2)14(7-16)15-8-17-10-19(15)13-3-4-13/h8,10-14H,3-7,9,16H2,1-2H3. The molecule has 2 fully saturated rings. The maximum Gasteiger partial charge on any atom is 0.0951 e. The van der Waals surface area contributed by atoms with Crippen molar-refractivity contribution in [1.82, 2.24) is 14.5 Å². The quantitative estimate of drug-likeness (QED) is 0.905. The van der Waals surface area contributed by atoms with Gasteiger partial charge in [0, 0.05) is 25.3 Å². The fourth-order valence-electron chi connectivity index (χ4n) is 3.27. The summed E-state index contributed by atoms with van der Waals surface area (Å²) >= 11 is 0. The van der Waals surface area contributed by atoms with E-state index in [9.17, 15) is 0 Å². The van der Waals surface area contributed by atoms with Crippen molar-refractivity contribution in [2.24, 2.45) is 17.6 Å². The van der Waals surface area contributed by atoms with Crippen LogP contribution in [-0.4, -0.2) is 34.1 Å². The second kappa shape index (κ2) is 5.25. The van der Waals surface area contributed by atoms with Gasteiger partial charge >= 0.3 is 0 Å². The van der Waals surface area contributed by atoms with Crippen LogP contribution in [-0.2, 0) is 0 Å². The predicted molar refractivity (Wildman–Crippen MR) is 76.8 cm³/mol. The van der Waals surface area contributed by atoms with Crippen molar-refractivity contribution in [1.29, 1.82) is 0 Å². The zero-order valence-corrected chi connectivity index (χ0v) is 12.1. The van der Waals surface area contributed by atoms with Crippen molar-refractivity contribution >= 4 is 0 Å². The van der Waals surface area contributed by atoms with Gasteiger partial charge in [0.2, 0.25) is 0 Å². The first-order valence-corrected chi connectivity index (χ1v) is 7.66. The Morgan fingerprint density at radius 2 is 2.11 bits per heavy atom. The summed E-state index contributed by atoms with van der Waals surface area (Å²) in [6.07, 6.45) is 7.90. The van der Waals surface area contributed by atoms with Gasteiger partial charge in [0.15, 0.2) is 0 Å². The number of hydrogen-bond donors (Lipinski definition) is 1. The second-order valence-corrected chi connectivity index (χ2v) is 6.45. The third-order valence-electron chi connectivity index (χ3n) is 5.01. The van der Waals surface area contributed by atoms with Gasteiger partial charge in [-0.3, -0.25) is 4.90 Å². The summed E-state index contributed by atoms with van der Waals surface area (Å²) in [5.74, 6) is 1.60. The summed E-state index contributed by atoms with van der Waals surface area (Å²) in [6, 6.07) is 1.03. The highest BCUT2D eigenvalue weighted by Crippen LogP contribution is 2.38. The van der Waals surface area contributed by atoms with Crippen molar-refractivity contribution in [2.75, 3.05) is 19.6 Å². The molecule has 0 bridgehead atoms. The van der Waals surface area contributed by atoms with Crippen LogP contribution >= 0.6 is 0 Å². The van der Waals surface area contributed by atoms with E-state index in [-0.39, 0.29) is 0 Å². The molecule has 2 N–H and O–H groups in total. The molecule has 4 heteroatoms. The Morgan fingerprint density at radius 1 is 1.32 bits per heavy atom. The summed E-state index contributed by atoms with van der Waals surface area (Å²) in [7, 11) is 0. The fraction of sp³-hybridized carbons (Fsp3) is 0.800. The minimum Gasteiger partial charge on any atom is -0.330 e. The molecule has 2 aliphatic rings. The summed E-state index contributed by atoms with van der Waals surface area (Å²) in [5.41, 5.74) is 7.41. The molecule has 1 aromatic heterocycles. The summed E-state index contributed by atoms with van der Waals surface area (Å²) in [5, 5.41) is 0. The maximum absolute atomic E-state index is 6.08. The van der Waals surface area contributed by atoms with Crippen LogP contribution in [0.15, 0.2) is 12.5 Å². The van der Waals surface area contributed by atoms with Gasteiger partial charge in [-0.2, -0.15) is 0 Å². The van der Waals surface area contributed by atoms with Gasteiger partial charge in [-0.05, 0) is 37.6 Å². The van der Waals surface area contributed by atoms with Crippen LogP contribution in [0.4, 0.5) is 0 Å². The lowest BCUT2D eigenvalue weighted by atomic mass is 9.87. The third kappa shape index (κ3) is 2.56. The van der Waals surface area contributed by atoms with E-state index in [1.54, 1.807) is 0 Å². The van der Waals surface area contributed by atoms with Crippen LogP contribution in [0.25, 0.3) is 0 Å². The highest BCUT2D eigenvalue weighted by atomic mass is 15.2. The molecule has 1 saturated carbocycles. The molecular formula is C15H26N4. The van der Waals surface area contributed by atoms with Crippen LogP contribution in [0.1, 0.15) is 50.9 Å². The van der Waals surface area contributed by atoms with E-state index < -0.39 is 0 Å². The molecule has 106 valence electrons. The average Bonchev–Trinajstić information content (AvgIpc) is 3.14. The molecule has 1 aliphatic carbocycles. The zero-order chi connectivity index (χ0) is 13.4. The topological polar surface area (TPSA) is 47.1 Å². The monoisotopic (exact) mass is 262 g/mol.